The Morgan fingerprint density at radius 3 is 2.67 bits per heavy atom. The van der Waals surface area contributed by atoms with Gasteiger partial charge < -0.3 is 5.32 Å². The van der Waals surface area contributed by atoms with Crippen LogP contribution in [0.4, 0.5) is 8.78 Å². The Balaban J connectivity index is 2.31. The fraction of sp³-hybridized carbons (Fsp3) is 0.364. The van der Waals surface area contributed by atoms with Crippen LogP contribution in [0.25, 0.3) is 5.69 Å². The van der Waals surface area contributed by atoms with E-state index in [1.54, 1.807) is 0 Å². The smallest absolute Gasteiger partial charge is 0.170 e. The minimum atomic E-state index is -0.695. The van der Waals surface area contributed by atoms with Gasteiger partial charge >= 0.3 is 0 Å². The summed E-state index contributed by atoms with van der Waals surface area (Å²) in [5.41, 5.74) is -0.254. The van der Waals surface area contributed by atoms with Crippen LogP contribution in [0.15, 0.2) is 18.2 Å². The molecule has 0 fully saturated rings. The highest BCUT2D eigenvalue weighted by atomic mass is 19.1. The molecule has 1 N–H and O–H groups in total. The van der Waals surface area contributed by atoms with E-state index in [9.17, 15) is 8.78 Å². The van der Waals surface area contributed by atoms with E-state index >= 15 is 0 Å². The van der Waals surface area contributed by atoms with Crippen LogP contribution in [0.3, 0.4) is 0 Å². The number of rotatable bonds is 5. The van der Waals surface area contributed by atoms with Gasteiger partial charge in [-0.3, -0.25) is 0 Å². The molecule has 0 unspecified atom stereocenters. The number of para-hydroxylation sites is 1. The molecule has 0 saturated carbocycles. The van der Waals surface area contributed by atoms with E-state index < -0.39 is 11.6 Å². The van der Waals surface area contributed by atoms with E-state index in [1.165, 1.54) is 18.2 Å². The molecule has 18 heavy (non-hydrogen) atoms. The minimum Gasteiger partial charge on any atom is -0.310 e. The van der Waals surface area contributed by atoms with Crippen molar-refractivity contribution in [2.24, 2.45) is 0 Å². The highest BCUT2D eigenvalue weighted by Crippen LogP contribution is 2.17. The van der Waals surface area contributed by atoms with Crippen LogP contribution in [-0.2, 0) is 6.54 Å². The van der Waals surface area contributed by atoms with Crippen molar-refractivity contribution in [3.05, 3.63) is 35.7 Å². The molecular weight excluding hydrogens is 240 g/mol. The Hall–Kier alpha value is -1.89. The van der Waals surface area contributed by atoms with Gasteiger partial charge in [0.2, 0.25) is 0 Å². The first-order valence-electron chi connectivity index (χ1n) is 5.66. The largest absolute Gasteiger partial charge is 0.310 e. The summed E-state index contributed by atoms with van der Waals surface area (Å²) >= 11 is 0. The van der Waals surface area contributed by atoms with Gasteiger partial charge in [0.1, 0.15) is 5.69 Å². The summed E-state index contributed by atoms with van der Waals surface area (Å²) in [6.07, 6.45) is 0.954. The molecule has 1 aromatic carbocycles. The number of hydrogen-bond acceptors (Lipinski definition) is 4. The van der Waals surface area contributed by atoms with Crippen molar-refractivity contribution in [3.8, 4) is 5.69 Å². The Kier molecular flexibility index (Phi) is 3.93. The molecule has 0 aliphatic rings. The lowest BCUT2D eigenvalue weighted by atomic mass is 10.3. The fourth-order valence-electron chi connectivity index (χ4n) is 1.56. The topological polar surface area (TPSA) is 55.6 Å². The van der Waals surface area contributed by atoms with Crippen molar-refractivity contribution in [2.45, 2.75) is 19.9 Å². The SMILES string of the molecule is CCCNCc1nnnn1-c1c(F)cccc1F. The first-order chi connectivity index (χ1) is 8.74. The van der Waals surface area contributed by atoms with Gasteiger partial charge in [-0.25, -0.2) is 8.78 Å². The van der Waals surface area contributed by atoms with E-state index in [2.05, 4.69) is 20.8 Å². The molecule has 2 rings (SSSR count). The van der Waals surface area contributed by atoms with Crippen molar-refractivity contribution in [2.75, 3.05) is 6.54 Å². The minimum absolute atomic E-state index is 0.254. The lowest BCUT2D eigenvalue weighted by Gasteiger charge is -2.07. The van der Waals surface area contributed by atoms with Gasteiger partial charge in [0.15, 0.2) is 17.5 Å². The molecule has 2 aromatic rings. The van der Waals surface area contributed by atoms with E-state index in [-0.39, 0.29) is 5.69 Å². The Labute approximate surface area is 103 Å². The maximum absolute atomic E-state index is 13.6. The first kappa shape index (κ1) is 12.6. The van der Waals surface area contributed by atoms with Gasteiger partial charge in [0, 0.05) is 0 Å². The van der Waals surface area contributed by atoms with Gasteiger partial charge in [-0.15, -0.1) is 5.10 Å². The van der Waals surface area contributed by atoms with E-state index in [1.807, 2.05) is 6.92 Å². The van der Waals surface area contributed by atoms with Crippen molar-refractivity contribution in [1.29, 1.82) is 0 Å². The van der Waals surface area contributed by atoms with Gasteiger partial charge in [0.05, 0.1) is 6.54 Å². The first-order valence-corrected chi connectivity index (χ1v) is 5.66. The molecule has 0 aliphatic heterocycles. The second kappa shape index (κ2) is 5.63. The molecule has 0 atom stereocenters. The van der Waals surface area contributed by atoms with Crippen molar-refractivity contribution >= 4 is 0 Å². The summed E-state index contributed by atoms with van der Waals surface area (Å²) in [7, 11) is 0. The monoisotopic (exact) mass is 253 g/mol. The molecule has 0 amide bonds. The fourth-order valence-corrected chi connectivity index (χ4v) is 1.56. The van der Waals surface area contributed by atoms with Crippen LogP contribution < -0.4 is 5.32 Å². The zero-order valence-corrected chi connectivity index (χ0v) is 9.90. The van der Waals surface area contributed by atoms with Crippen LogP contribution in [0.2, 0.25) is 0 Å². The average molecular weight is 253 g/mol. The lowest BCUT2D eigenvalue weighted by Crippen LogP contribution is -2.18. The summed E-state index contributed by atoms with van der Waals surface area (Å²) < 4.78 is 28.3. The number of nitrogens with zero attached hydrogens (tertiary/aromatic N) is 4. The third-order valence-electron chi connectivity index (χ3n) is 2.39. The predicted molar refractivity (Wildman–Crippen MR) is 61.1 cm³/mol. The van der Waals surface area contributed by atoms with Crippen LogP contribution >= 0.6 is 0 Å². The van der Waals surface area contributed by atoms with Crippen LogP contribution in [-0.4, -0.2) is 26.8 Å². The maximum atomic E-state index is 13.6. The summed E-state index contributed by atoms with van der Waals surface area (Å²) in [4.78, 5) is 0. The number of tetrazole rings is 1. The standard InChI is InChI=1S/C11H13F2N5/c1-2-6-14-7-10-15-16-17-18(10)11-8(12)4-3-5-9(11)13/h3-5,14H,2,6-7H2,1H3. The number of hydrogen-bond donors (Lipinski definition) is 1. The molecule has 0 radical (unpaired) electrons. The molecule has 1 heterocycles. The Morgan fingerprint density at radius 1 is 1.28 bits per heavy atom. The van der Waals surface area contributed by atoms with E-state index in [0.29, 0.717) is 12.4 Å². The van der Waals surface area contributed by atoms with Crippen molar-refractivity contribution < 1.29 is 8.78 Å². The second-order valence-corrected chi connectivity index (χ2v) is 3.75. The quantitative estimate of drug-likeness (QED) is 0.819. The van der Waals surface area contributed by atoms with Crippen LogP contribution in [0.5, 0.6) is 0 Å². The zero-order chi connectivity index (χ0) is 13.0. The van der Waals surface area contributed by atoms with Gasteiger partial charge in [0.25, 0.3) is 0 Å². The highest BCUT2D eigenvalue weighted by molar-refractivity contribution is 5.34. The Bertz CT molecular complexity index is 506. The maximum Gasteiger partial charge on any atom is 0.170 e. The van der Waals surface area contributed by atoms with E-state index in [4.69, 9.17) is 0 Å². The van der Waals surface area contributed by atoms with Gasteiger partial charge in [-0.05, 0) is 35.5 Å². The number of nitrogens with one attached hydrogen (secondary N) is 1. The number of halogens is 2. The molecule has 0 spiro atoms. The molecule has 5 nitrogen and oxygen atoms in total. The van der Waals surface area contributed by atoms with Gasteiger partial charge in [-0.2, -0.15) is 4.68 Å². The Morgan fingerprint density at radius 2 is 2.00 bits per heavy atom. The van der Waals surface area contributed by atoms with Crippen molar-refractivity contribution in [1.82, 2.24) is 25.5 Å². The zero-order valence-electron chi connectivity index (χ0n) is 9.90. The molecule has 7 heteroatoms. The van der Waals surface area contributed by atoms with E-state index in [0.717, 1.165) is 17.6 Å². The average Bonchev–Trinajstić information content (AvgIpc) is 2.78. The molecule has 0 saturated heterocycles. The molecule has 0 bridgehead atoms. The second-order valence-electron chi connectivity index (χ2n) is 3.75. The van der Waals surface area contributed by atoms with Crippen molar-refractivity contribution in [3.63, 3.8) is 0 Å². The predicted octanol–water partition coefficient (Wildman–Crippen LogP) is 1.44. The molecular formula is C11H13F2N5. The molecule has 96 valence electrons. The third-order valence-corrected chi connectivity index (χ3v) is 2.39. The molecule has 1 aromatic heterocycles. The van der Waals surface area contributed by atoms with Gasteiger partial charge in [-0.1, -0.05) is 13.0 Å². The van der Waals surface area contributed by atoms with Crippen LogP contribution in [0.1, 0.15) is 19.2 Å². The number of aromatic nitrogens is 4. The summed E-state index contributed by atoms with van der Waals surface area (Å²) in [6, 6.07) is 3.64. The number of benzene rings is 1. The summed E-state index contributed by atoms with van der Waals surface area (Å²) in [5, 5.41) is 13.9. The molecule has 0 aliphatic carbocycles. The summed E-state index contributed by atoms with van der Waals surface area (Å²) in [5.74, 6) is -1.02. The third kappa shape index (κ3) is 2.51. The summed E-state index contributed by atoms with van der Waals surface area (Å²) in [6.45, 7) is 3.16. The van der Waals surface area contributed by atoms with Crippen LogP contribution in [0, 0.1) is 11.6 Å². The normalized spacial score (nSPS) is 10.8. The lowest BCUT2D eigenvalue weighted by molar-refractivity contribution is 0.545. The highest BCUT2D eigenvalue weighted by Gasteiger charge is 2.16.